The van der Waals surface area contributed by atoms with E-state index in [0.717, 1.165) is 21.7 Å². The third-order valence-electron chi connectivity index (χ3n) is 4.03. The van der Waals surface area contributed by atoms with Gasteiger partial charge in [-0.3, -0.25) is 9.88 Å². The predicted octanol–water partition coefficient (Wildman–Crippen LogP) is 4.98. The molecule has 0 fully saturated rings. The van der Waals surface area contributed by atoms with E-state index in [4.69, 9.17) is 11.6 Å². The van der Waals surface area contributed by atoms with Gasteiger partial charge in [-0.05, 0) is 36.8 Å². The summed E-state index contributed by atoms with van der Waals surface area (Å²) in [6, 6.07) is 12.6. The minimum Gasteiger partial charge on any atom is -0.283 e. The van der Waals surface area contributed by atoms with Crippen LogP contribution < -0.4 is 5.32 Å². The number of rotatable bonds is 3. The van der Waals surface area contributed by atoms with Crippen LogP contribution in [0, 0.1) is 18.3 Å². The van der Waals surface area contributed by atoms with Gasteiger partial charge in [-0.15, -0.1) is 0 Å². The van der Waals surface area contributed by atoms with Crippen LogP contribution in [-0.2, 0) is 0 Å². The molecule has 0 aliphatic rings. The van der Waals surface area contributed by atoms with Crippen LogP contribution in [-0.4, -0.2) is 25.6 Å². The number of carbonyl (C=O) groups is 1. The molecule has 4 rings (SSSR count). The Balaban J connectivity index is 1.82. The first-order valence-electron chi connectivity index (χ1n) is 8.49. The van der Waals surface area contributed by atoms with Crippen molar-refractivity contribution >= 4 is 34.1 Å². The number of imidazole rings is 1. The summed E-state index contributed by atoms with van der Waals surface area (Å²) in [5.41, 5.74) is 3.54. The van der Waals surface area contributed by atoms with Gasteiger partial charge in [-0.2, -0.15) is 5.26 Å². The van der Waals surface area contributed by atoms with Crippen LogP contribution in [0.4, 0.5) is 9.93 Å². The largest absolute Gasteiger partial charge is 0.333 e. The van der Waals surface area contributed by atoms with Gasteiger partial charge in [0.05, 0.1) is 22.2 Å². The van der Waals surface area contributed by atoms with E-state index < -0.39 is 0 Å². The van der Waals surface area contributed by atoms with Crippen molar-refractivity contribution in [1.82, 2.24) is 19.5 Å². The SMILES string of the molecule is Cc1cc(-c2sc(NC(=O)n3ccnc3)nc2-c2cccc(C#N)c2)cc(Cl)n1. The van der Waals surface area contributed by atoms with Crippen LogP contribution in [0.5, 0.6) is 0 Å². The zero-order valence-electron chi connectivity index (χ0n) is 15.1. The van der Waals surface area contributed by atoms with Crippen LogP contribution in [0.25, 0.3) is 21.7 Å². The fraction of sp³-hybridized carbons (Fsp3) is 0.0500. The van der Waals surface area contributed by atoms with E-state index in [-0.39, 0.29) is 6.03 Å². The van der Waals surface area contributed by atoms with E-state index in [0.29, 0.717) is 21.5 Å². The molecule has 0 aliphatic heterocycles. The normalized spacial score (nSPS) is 10.5. The summed E-state index contributed by atoms with van der Waals surface area (Å²) in [6.07, 6.45) is 4.48. The van der Waals surface area contributed by atoms with E-state index in [1.54, 1.807) is 30.5 Å². The number of halogens is 1. The number of thiazole rings is 1. The van der Waals surface area contributed by atoms with Gasteiger partial charge < -0.3 is 0 Å². The van der Waals surface area contributed by atoms with E-state index in [2.05, 4.69) is 26.3 Å². The monoisotopic (exact) mass is 420 g/mol. The number of benzene rings is 1. The number of aryl methyl sites for hydroxylation is 1. The first kappa shape index (κ1) is 18.8. The van der Waals surface area contributed by atoms with Crippen molar-refractivity contribution < 1.29 is 4.79 Å². The Bertz CT molecular complexity index is 1220. The van der Waals surface area contributed by atoms with Crippen molar-refractivity contribution in [3.8, 4) is 27.8 Å². The fourth-order valence-electron chi connectivity index (χ4n) is 2.80. The quantitative estimate of drug-likeness (QED) is 0.471. The van der Waals surface area contributed by atoms with Crippen molar-refractivity contribution in [2.75, 3.05) is 5.32 Å². The summed E-state index contributed by atoms with van der Waals surface area (Å²) in [7, 11) is 0. The molecule has 29 heavy (non-hydrogen) atoms. The maximum Gasteiger partial charge on any atom is 0.333 e. The van der Waals surface area contributed by atoms with Crippen molar-refractivity contribution in [3.05, 3.63) is 71.5 Å². The number of anilines is 1. The van der Waals surface area contributed by atoms with Gasteiger partial charge in [0.2, 0.25) is 0 Å². The highest BCUT2D eigenvalue weighted by Gasteiger charge is 2.18. The maximum absolute atomic E-state index is 12.4. The molecule has 142 valence electrons. The molecule has 4 aromatic rings. The lowest BCUT2D eigenvalue weighted by molar-refractivity contribution is 0.253. The van der Waals surface area contributed by atoms with Crippen LogP contribution in [0.3, 0.4) is 0 Å². The van der Waals surface area contributed by atoms with Gasteiger partial charge in [0, 0.05) is 23.7 Å². The van der Waals surface area contributed by atoms with Crippen molar-refractivity contribution in [3.63, 3.8) is 0 Å². The number of carbonyl (C=O) groups excluding carboxylic acids is 1. The van der Waals surface area contributed by atoms with Crippen LogP contribution in [0.1, 0.15) is 11.3 Å². The number of nitrogens with zero attached hydrogens (tertiary/aromatic N) is 5. The van der Waals surface area contributed by atoms with Gasteiger partial charge in [0.25, 0.3) is 0 Å². The fourth-order valence-corrected chi connectivity index (χ4v) is 4.01. The van der Waals surface area contributed by atoms with Crippen molar-refractivity contribution in [2.45, 2.75) is 6.92 Å². The molecule has 3 heterocycles. The molecule has 0 atom stereocenters. The number of pyridine rings is 1. The topological polar surface area (TPSA) is 96.5 Å². The average Bonchev–Trinajstić information content (AvgIpc) is 3.37. The van der Waals surface area contributed by atoms with Crippen molar-refractivity contribution in [2.24, 2.45) is 0 Å². The van der Waals surface area contributed by atoms with Gasteiger partial charge >= 0.3 is 6.03 Å². The molecule has 1 amide bonds. The summed E-state index contributed by atoms with van der Waals surface area (Å²) in [5, 5.41) is 12.8. The van der Waals surface area contributed by atoms with E-state index >= 15 is 0 Å². The molecule has 0 aliphatic carbocycles. The summed E-state index contributed by atoms with van der Waals surface area (Å²) < 4.78 is 1.32. The molecule has 3 aromatic heterocycles. The van der Waals surface area contributed by atoms with Gasteiger partial charge in [-0.1, -0.05) is 35.1 Å². The smallest absolute Gasteiger partial charge is 0.283 e. The van der Waals surface area contributed by atoms with E-state index in [9.17, 15) is 10.1 Å². The summed E-state index contributed by atoms with van der Waals surface area (Å²) in [5.74, 6) is 0. The Morgan fingerprint density at radius 1 is 1.24 bits per heavy atom. The number of hydrogen-bond acceptors (Lipinski definition) is 6. The molecule has 0 saturated heterocycles. The van der Waals surface area contributed by atoms with Crippen LogP contribution in [0.2, 0.25) is 5.15 Å². The number of nitriles is 1. The van der Waals surface area contributed by atoms with Gasteiger partial charge in [0.1, 0.15) is 11.5 Å². The highest BCUT2D eigenvalue weighted by Crippen LogP contribution is 2.40. The molecule has 9 heteroatoms. The molecule has 1 N–H and O–H groups in total. The standard InChI is InChI=1S/C20H13ClN6OS/c1-12-7-15(9-16(21)24-12)18-17(14-4-2-3-13(8-14)10-22)25-19(29-18)26-20(28)27-6-5-23-11-27/h2-9,11H,1H3,(H,25,26,28). The first-order valence-corrected chi connectivity index (χ1v) is 9.68. The number of hydrogen-bond donors (Lipinski definition) is 1. The molecule has 1 aromatic carbocycles. The minimum atomic E-state index is -0.371. The Hall–Kier alpha value is -3.54. The molecule has 0 radical (unpaired) electrons. The zero-order chi connectivity index (χ0) is 20.4. The molecule has 0 spiro atoms. The second kappa shape index (κ2) is 7.83. The summed E-state index contributed by atoms with van der Waals surface area (Å²) in [6.45, 7) is 1.86. The molecular weight excluding hydrogens is 408 g/mol. The predicted molar refractivity (Wildman–Crippen MR) is 112 cm³/mol. The molecular formula is C20H13ClN6OS. The number of aromatic nitrogens is 4. The van der Waals surface area contributed by atoms with Crippen molar-refractivity contribution in [1.29, 1.82) is 5.26 Å². The second-order valence-electron chi connectivity index (χ2n) is 6.11. The molecule has 7 nitrogen and oxygen atoms in total. The summed E-state index contributed by atoms with van der Waals surface area (Å²) in [4.78, 5) is 25.9. The summed E-state index contributed by atoms with van der Waals surface area (Å²) >= 11 is 7.47. The van der Waals surface area contributed by atoms with Gasteiger partial charge in [-0.25, -0.2) is 19.7 Å². The average molecular weight is 421 g/mol. The highest BCUT2D eigenvalue weighted by molar-refractivity contribution is 7.19. The number of nitrogens with one attached hydrogen (secondary N) is 1. The molecule has 0 saturated carbocycles. The Labute approximate surface area is 175 Å². The lowest BCUT2D eigenvalue weighted by Crippen LogP contribution is -2.17. The second-order valence-corrected chi connectivity index (χ2v) is 7.50. The Kier molecular flexibility index (Phi) is 5.08. The van der Waals surface area contributed by atoms with Crippen LogP contribution >= 0.6 is 22.9 Å². The third-order valence-corrected chi connectivity index (χ3v) is 5.24. The van der Waals surface area contributed by atoms with E-state index in [1.165, 1.54) is 28.4 Å². The zero-order valence-corrected chi connectivity index (χ0v) is 16.7. The molecule has 0 unspecified atom stereocenters. The van der Waals surface area contributed by atoms with Crippen LogP contribution in [0.15, 0.2) is 55.1 Å². The third kappa shape index (κ3) is 4.01. The lowest BCUT2D eigenvalue weighted by atomic mass is 10.1. The minimum absolute atomic E-state index is 0.370. The Morgan fingerprint density at radius 3 is 2.83 bits per heavy atom. The number of amides is 1. The Morgan fingerprint density at radius 2 is 2.10 bits per heavy atom. The molecule has 0 bridgehead atoms. The lowest BCUT2D eigenvalue weighted by Gasteiger charge is -2.05. The van der Waals surface area contributed by atoms with E-state index in [1.807, 2.05) is 19.1 Å². The maximum atomic E-state index is 12.4. The first-order chi connectivity index (χ1) is 14.0. The highest BCUT2D eigenvalue weighted by atomic mass is 35.5. The van der Waals surface area contributed by atoms with Gasteiger partial charge in [0.15, 0.2) is 5.13 Å².